The van der Waals surface area contributed by atoms with Crippen molar-refractivity contribution in [1.29, 1.82) is 0 Å². The lowest BCUT2D eigenvalue weighted by molar-refractivity contribution is 0.186. The summed E-state index contributed by atoms with van der Waals surface area (Å²) in [5, 5.41) is 0. The Morgan fingerprint density at radius 3 is 2.53 bits per heavy atom. The lowest BCUT2D eigenvalue weighted by atomic mass is 9.89. The van der Waals surface area contributed by atoms with Crippen molar-refractivity contribution in [2.45, 2.75) is 26.4 Å². The van der Waals surface area contributed by atoms with Crippen LogP contribution in [0.4, 0.5) is 4.39 Å². The predicted molar refractivity (Wildman–Crippen MR) is 68.0 cm³/mol. The SMILES string of the molecule is CC(C)C(CN)C(F)Cc1ccc(Br)s1. The molecule has 1 aromatic rings. The number of hydrogen-bond donors (Lipinski definition) is 1. The standard InChI is InChI=1S/C11H17BrFNS/c1-7(2)9(6-14)10(13)5-8-3-4-11(12)15-8/h3-4,7,9-10H,5-6,14H2,1-2H3. The minimum Gasteiger partial charge on any atom is -0.330 e. The molecular formula is C11H17BrFNS. The first-order chi connectivity index (χ1) is 7.04. The highest BCUT2D eigenvalue weighted by Gasteiger charge is 2.23. The average molecular weight is 294 g/mol. The van der Waals surface area contributed by atoms with Gasteiger partial charge in [-0.05, 0) is 40.5 Å². The Morgan fingerprint density at radius 1 is 1.47 bits per heavy atom. The summed E-state index contributed by atoms with van der Waals surface area (Å²) in [6.07, 6.45) is -0.350. The van der Waals surface area contributed by atoms with E-state index in [2.05, 4.69) is 15.9 Å². The molecule has 2 atom stereocenters. The Morgan fingerprint density at radius 2 is 2.13 bits per heavy atom. The maximum absolute atomic E-state index is 13.9. The smallest absolute Gasteiger partial charge is 0.109 e. The summed E-state index contributed by atoms with van der Waals surface area (Å²) >= 11 is 4.97. The van der Waals surface area contributed by atoms with Gasteiger partial charge < -0.3 is 5.73 Å². The number of alkyl halides is 1. The molecular weight excluding hydrogens is 277 g/mol. The van der Waals surface area contributed by atoms with E-state index in [4.69, 9.17) is 5.73 Å². The van der Waals surface area contributed by atoms with Gasteiger partial charge in [0, 0.05) is 17.2 Å². The molecule has 0 saturated carbocycles. The van der Waals surface area contributed by atoms with Crippen molar-refractivity contribution in [1.82, 2.24) is 0 Å². The Kier molecular flexibility index (Phi) is 5.23. The molecule has 86 valence electrons. The summed E-state index contributed by atoms with van der Waals surface area (Å²) < 4.78 is 15.0. The molecule has 0 aliphatic heterocycles. The molecule has 0 spiro atoms. The van der Waals surface area contributed by atoms with Crippen LogP contribution >= 0.6 is 27.3 Å². The Hall–Kier alpha value is 0.0700. The van der Waals surface area contributed by atoms with Crippen molar-refractivity contribution in [2.24, 2.45) is 17.6 Å². The average Bonchev–Trinajstić information content (AvgIpc) is 2.51. The predicted octanol–water partition coefficient (Wildman–Crippen LogP) is 3.62. The van der Waals surface area contributed by atoms with E-state index < -0.39 is 6.17 Å². The highest BCUT2D eigenvalue weighted by molar-refractivity contribution is 9.11. The molecule has 1 nitrogen and oxygen atoms in total. The number of nitrogens with two attached hydrogens (primary N) is 1. The largest absolute Gasteiger partial charge is 0.330 e. The third-order valence-electron chi connectivity index (χ3n) is 2.62. The lowest BCUT2D eigenvalue weighted by Gasteiger charge is -2.22. The fraction of sp³-hybridized carbons (Fsp3) is 0.636. The summed E-state index contributed by atoms with van der Waals surface area (Å²) in [5.41, 5.74) is 5.59. The molecule has 1 aromatic heterocycles. The molecule has 0 aromatic carbocycles. The van der Waals surface area contributed by atoms with Crippen molar-refractivity contribution in [2.75, 3.05) is 6.54 Å². The molecule has 15 heavy (non-hydrogen) atoms. The second kappa shape index (κ2) is 5.97. The van der Waals surface area contributed by atoms with Gasteiger partial charge in [0.25, 0.3) is 0 Å². The van der Waals surface area contributed by atoms with E-state index in [1.165, 1.54) is 0 Å². The first-order valence-corrected chi connectivity index (χ1v) is 6.74. The van der Waals surface area contributed by atoms with Crippen LogP contribution in [0.5, 0.6) is 0 Å². The van der Waals surface area contributed by atoms with Gasteiger partial charge in [-0.3, -0.25) is 0 Å². The van der Waals surface area contributed by atoms with Crippen molar-refractivity contribution in [3.8, 4) is 0 Å². The Balaban J connectivity index is 2.57. The van der Waals surface area contributed by atoms with E-state index >= 15 is 0 Å². The zero-order chi connectivity index (χ0) is 11.4. The molecule has 0 aliphatic carbocycles. The zero-order valence-corrected chi connectivity index (χ0v) is 11.4. The van der Waals surface area contributed by atoms with Gasteiger partial charge in [-0.25, -0.2) is 4.39 Å². The number of thiophene rings is 1. The van der Waals surface area contributed by atoms with Crippen LogP contribution in [0.1, 0.15) is 18.7 Å². The molecule has 0 saturated heterocycles. The van der Waals surface area contributed by atoms with Crippen LogP contribution < -0.4 is 5.73 Å². The first kappa shape index (κ1) is 13.1. The fourth-order valence-corrected chi connectivity index (χ4v) is 3.16. The molecule has 0 bridgehead atoms. The van der Waals surface area contributed by atoms with E-state index in [1.54, 1.807) is 11.3 Å². The minimum absolute atomic E-state index is 0.0362. The summed E-state index contributed by atoms with van der Waals surface area (Å²) in [5.74, 6) is 0.263. The van der Waals surface area contributed by atoms with Gasteiger partial charge in [0.2, 0.25) is 0 Å². The van der Waals surface area contributed by atoms with Gasteiger partial charge in [0.15, 0.2) is 0 Å². The highest BCUT2D eigenvalue weighted by atomic mass is 79.9. The van der Waals surface area contributed by atoms with E-state index in [9.17, 15) is 4.39 Å². The second-order valence-corrected chi connectivity index (χ2v) is 6.62. The number of hydrogen-bond acceptors (Lipinski definition) is 2. The summed E-state index contributed by atoms with van der Waals surface area (Å²) in [6.45, 7) is 4.47. The molecule has 2 unspecified atom stereocenters. The van der Waals surface area contributed by atoms with Crippen LogP contribution in [0.15, 0.2) is 15.9 Å². The molecule has 1 rings (SSSR count). The molecule has 1 heterocycles. The normalized spacial score (nSPS) is 15.6. The Bertz CT molecular complexity index is 301. The maximum atomic E-state index is 13.9. The number of halogens is 2. The van der Waals surface area contributed by atoms with Crippen molar-refractivity contribution in [3.63, 3.8) is 0 Å². The topological polar surface area (TPSA) is 26.0 Å². The third kappa shape index (κ3) is 3.85. The van der Waals surface area contributed by atoms with Gasteiger partial charge in [-0.15, -0.1) is 11.3 Å². The quantitative estimate of drug-likeness (QED) is 0.882. The van der Waals surface area contributed by atoms with Crippen LogP contribution in [-0.2, 0) is 6.42 Å². The monoisotopic (exact) mass is 293 g/mol. The van der Waals surface area contributed by atoms with Crippen molar-refractivity contribution >= 4 is 27.3 Å². The van der Waals surface area contributed by atoms with Gasteiger partial charge in [-0.2, -0.15) is 0 Å². The van der Waals surface area contributed by atoms with Crippen LogP contribution in [0.3, 0.4) is 0 Å². The molecule has 0 fully saturated rings. The molecule has 0 radical (unpaired) electrons. The third-order valence-corrected chi connectivity index (χ3v) is 4.26. The van der Waals surface area contributed by atoms with Crippen molar-refractivity contribution < 1.29 is 4.39 Å². The fourth-order valence-electron chi connectivity index (χ4n) is 1.64. The minimum atomic E-state index is -0.833. The summed E-state index contributed by atoms with van der Waals surface area (Å²) in [6, 6.07) is 3.93. The first-order valence-electron chi connectivity index (χ1n) is 5.13. The van der Waals surface area contributed by atoms with Crippen molar-refractivity contribution in [3.05, 3.63) is 20.8 Å². The molecule has 2 N–H and O–H groups in total. The van der Waals surface area contributed by atoms with E-state index in [0.29, 0.717) is 18.9 Å². The van der Waals surface area contributed by atoms with E-state index in [0.717, 1.165) is 8.66 Å². The van der Waals surface area contributed by atoms with Crippen LogP contribution in [0.25, 0.3) is 0 Å². The van der Waals surface area contributed by atoms with Gasteiger partial charge in [0.1, 0.15) is 6.17 Å². The van der Waals surface area contributed by atoms with Gasteiger partial charge in [-0.1, -0.05) is 13.8 Å². The number of rotatable bonds is 5. The Labute approximate surface area is 103 Å². The molecule has 4 heteroatoms. The van der Waals surface area contributed by atoms with Gasteiger partial charge in [0.05, 0.1) is 3.79 Å². The van der Waals surface area contributed by atoms with Crippen LogP contribution in [-0.4, -0.2) is 12.7 Å². The second-order valence-electron chi connectivity index (χ2n) is 4.07. The van der Waals surface area contributed by atoms with Crippen LogP contribution in [0, 0.1) is 11.8 Å². The molecule has 0 amide bonds. The summed E-state index contributed by atoms with van der Waals surface area (Å²) in [4.78, 5) is 1.08. The maximum Gasteiger partial charge on any atom is 0.109 e. The summed E-state index contributed by atoms with van der Waals surface area (Å²) in [7, 11) is 0. The highest BCUT2D eigenvalue weighted by Crippen LogP contribution is 2.27. The lowest BCUT2D eigenvalue weighted by Crippen LogP contribution is -2.30. The zero-order valence-electron chi connectivity index (χ0n) is 9.04. The molecule has 0 aliphatic rings. The van der Waals surface area contributed by atoms with Gasteiger partial charge >= 0.3 is 0 Å². The van der Waals surface area contributed by atoms with E-state index in [1.807, 2.05) is 26.0 Å². The van der Waals surface area contributed by atoms with Crippen LogP contribution in [0.2, 0.25) is 0 Å². The van der Waals surface area contributed by atoms with E-state index in [-0.39, 0.29) is 5.92 Å².